The Morgan fingerprint density at radius 2 is 1.89 bits per heavy atom. The minimum Gasteiger partial charge on any atom is -0.347 e. The number of anilines is 2. The van der Waals surface area contributed by atoms with E-state index in [1.165, 1.54) is 11.3 Å². The van der Waals surface area contributed by atoms with E-state index in [1.807, 2.05) is 23.2 Å². The summed E-state index contributed by atoms with van der Waals surface area (Å²) < 4.78 is 78.8. The quantitative estimate of drug-likeness (QED) is 0.488. The highest BCUT2D eigenvalue weighted by Crippen LogP contribution is 2.36. The van der Waals surface area contributed by atoms with Gasteiger partial charge in [0.05, 0.1) is 11.9 Å². The van der Waals surface area contributed by atoms with Crippen LogP contribution in [0.2, 0.25) is 0 Å². The van der Waals surface area contributed by atoms with Crippen LogP contribution in [0.1, 0.15) is 36.3 Å². The van der Waals surface area contributed by atoms with Gasteiger partial charge in [0, 0.05) is 37.1 Å². The van der Waals surface area contributed by atoms with Crippen LogP contribution in [0.4, 0.5) is 38.1 Å². The van der Waals surface area contributed by atoms with E-state index in [0.717, 1.165) is 27.7 Å². The Bertz CT molecular complexity index is 1320. The monoisotopic (exact) mass is 548 g/mol. The molecule has 2 aliphatic rings. The van der Waals surface area contributed by atoms with E-state index >= 15 is 0 Å². The third-order valence-electron chi connectivity index (χ3n) is 6.28. The number of rotatable bonds is 5. The van der Waals surface area contributed by atoms with Gasteiger partial charge in [0.15, 0.2) is 5.82 Å². The van der Waals surface area contributed by atoms with Crippen LogP contribution in [0.5, 0.6) is 0 Å². The maximum Gasteiger partial charge on any atom is 0.471 e. The number of nitrogens with one attached hydrogen (secondary N) is 1. The van der Waals surface area contributed by atoms with Gasteiger partial charge in [-0.25, -0.2) is 4.98 Å². The average molecular weight is 549 g/mol. The molecular weight excluding hydrogens is 526 g/mol. The number of fused-ring (bicyclic) bond motifs is 2. The third kappa shape index (κ3) is 5.02. The second kappa shape index (κ2) is 9.29. The number of hydrogen-bond acceptors (Lipinski definition) is 8. The zero-order valence-electron chi connectivity index (χ0n) is 19.5. The van der Waals surface area contributed by atoms with Crippen LogP contribution in [-0.4, -0.2) is 62.5 Å². The molecule has 16 heteroatoms. The number of alkyl halides is 6. The Morgan fingerprint density at radius 1 is 1.11 bits per heavy atom. The summed E-state index contributed by atoms with van der Waals surface area (Å²) >= 11 is 1.48. The fourth-order valence-electron chi connectivity index (χ4n) is 4.57. The second-order valence-electron chi connectivity index (χ2n) is 8.94. The molecular formula is C21H22F6N8OS. The van der Waals surface area contributed by atoms with Crippen LogP contribution in [0.15, 0.2) is 6.07 Å². The Balaban J connectivity index is 1.45. The van der Waals surface area contributed by atoms with E-state index < -0.39 is 30.1 Å². The molecule has 2 aliphatic heterocycles. The van der Waals surface area contributed by atoms with Crippen molar-refractivity contribution in [3.63, 3.8) is 0 Å². The number of halogens is 6. The summed E-state index contributed by atoms with van der Waals surface area (Å²) in [6.45, 7) is 2.77. The van der Waals surface area contributed by atoms with Crippen LogP contribution in [0, 0.1) is 0 Å². The van der Waals surface area contributed by atoms with Gasteiger partial charge < -0.3 is 19.7 Å². The summed E-state index contributed by atoms with van der Waals surface area (Å²) in [5.74, 6) is -2.06. The van der Waals surface area contributed by atoms with Crippen molar-refractivity contribution in [2.24, 2.45) is 0 Å². The highest BCUT2D eigenvalue weighted by molar-refractivity contribution is 7.18. The van der Waals surface area contributed by atoms with Crippen molar-refractivity contribution in [2.75, 3.05) is 29.4 Å². The van der Waals surface area contributed by atoms with E-state index in [2.05, 4.69) is 15.2 Å². The molecule has 1 saturated heterocycles. The van der Waals surface area contributed by atoms with Crippen LogP contribution in [-0.2, 0) is 30.5 Å². The van der Waals surface area contributed by atoms with Gasteiger partial charge in [-0.05, 0) is 18.9 Å². The Labute approximate surface area is 210 Å². The van der Waals surface area contributed by atoms with E-state index in [0.29, 0.717) is 23.1 Å². The third-order valence-corrected chi connectivity index (χ3v) is 7.37. The molecule has 5 rings (SSSR count). The molecule has 1 atom stereocenters. The van der Waals surface area contributed by atoms with Crippen LogP contribution in [0.3, 0.4) is 0 Å². The summed E-state index contributed by atoms with van der Waals surface area (Å²) in [6.07, 6.45) is -7.57. The normalized spacial score (nSPS) is 18.5. The molecule has 1 N–H and O–H groups in total. The minimum absolute atomic E-state index is 0.0131. The summed E-state index contributed by atoms with van der Waals surface area (Å²) in [4.78, 5) is 26.0. The smallest absolute Gasteiger partial charge is 0.347 e. The first-order valence-corrected chi connectivity index (χ1v) is 12.4. The predicted octanol–water partition coefficient (Wildman–Crippen LogP) is 3.53. The summed E-state index contributed by atoms with van der Waals surface area (Å²) in [6, 6.07) is 1.25. The highest BCUT2D eigenvalue weighted by atomic mass is 32.1. The van der Waals surface area contributed by atoms with Crippen molar-refractivity contribution in [3.8, 4) is 0 Å². The molecule has 0 aromatic carbocycles. The highest BCUT2D eigenvalue weighted by Gasteiger charge is 2.41. The van der Waals surface area contributed by atoms with E-state index in [9.17, 15) is 31.1 Å². The first-order chi connectivity index (χ1) is 17.4. The molecule has 3 aromatic heterocycles. The lowest BCUT2D eigenvalue weighted by Crippen LogP contribution is -2.44. The van der Waals surface area contributed by atoms with Gasteiger partial charge in [-0.1, -0.05) is 13.3 Å². The van der Waals surface area contributed by atoms with Crippen LogP contribution < -0.4 is 15.1 Å². The van der Waals surface area contributed by atoms with Crippen molar-refractivity contribution in [1.82, 2.24) is 30.0 Å². The van der Waals surface area contributed by atoms with Gasteiger partial charge in [0.25, 0.3) is 0 Å². The summed E-state index contributed by atoms with van der Waals surface area (Å²) in [5, 5.41) is 9.82. The predicted molar refractivity (Wildman–Crippen MR) is 122 cm³/mol. The number of thiophene rings is 1. The maximum absolute atomic E-state index is 13.3. The molecule has 0 radical (unpaired) electrons. The molecule has 0 aliphatic carbocycles. The second-order valence-corrected chi connectivity index (χ2v) is 10.1. The van der Waals surface area contributed by atoms with Crippen molar-refractivity contribution in [3.05, 3.63) is 22.6 Å². The van der Waals surface area contributed by atoms with Crippen LogP contribution >= 0.6 is 11.3 Å². The lowest BCUT2D eigenvalue weighted by molar-refractivity contribution is -0.174. The summed E-state index contributed by atoms with van der Waals surface area (Å²) in [7, 11) is 0. The Kier molecular flexibility index (Phi) is 6.40. The van der Waals surface area contributed by atoms with Gasteiger partial charge >= 0.3 is 18.3 Å². The number of carbonyl (C=O) groups is 1. The topological polar surface area (TPSA) is 92.1 Å². The fraction of sp³-hybridized carbons (Fsp3) is 0.571. The van der Waals surface area contributed by atoms with Gasteiger partial charge in [-0.3, -0.25) is 4.79 Å². The lowest BCUT2D eigenvalue weighted by atomic mass is 10.2. The molecule has 9 nitrogen and oxygen atoms in total. The first kappa shape index (κ1) is 25.5. The van der Waals surface area contributed by atoms with Crippen LogP contribution in [0.25, 0.3) is 10.2 Å². The van der Waals surface area contributed by atoms with E-state index in [1.54, 1.807) is 4.90 Å². The van der Waals surface area contributed by atoms with Crippen molar-refractivity contribution >= 4 is 39.2 Å². The van der Waals surface area contributed by atoms with E-state index in [-0.39, 0.29) is 38.4 Å². The largest absolute Gasteiger partial charge is 0.471 e. The molecule has 37 heavy (non-hydrogen) atoms. The zero-order valence-corrected chi connectivity index (χ0v) is 20.3. The van der Waals surface area contributed by atoms with Crippen molar-refractivity contribution in [1.29, 1.82) is 0 Å². The van der Waals surface area contributed by atoms with Gasteiger partial charge in [-0.2, -0.15) is 31.3 Å². The molecule has 3 aromatic rings. The molecule has 200 valence electrons. The number of aryl methyl sites for hydroxylation is 1. The maximum atomic E-state index is 13.3. The molecule has 0 saturated carbocycles. The molecule has 5 heterocycles. The fourth-order valence-corrected chi connectivity index (χ4v) is 5.69. The van der Waals surface area contributed by atoms with Gasteiger partial charge in [-0.15, -0.1) is 21.5 Å². The number of amides is 1. The minimum atomic E-state index is -4.97. The van der Waals surface area contributed by atoms with E-state index in [4.69, 9.17) is 4.98 Å². The number of hydrogen-bond donors (Lipinski definition) is 1. The van der Waals surface area contributed by atoms with Crippen molar-refractivity contribution < 1.29 is 31.1 Å². The molecule has 1 amide bonds. The lowest BCUT2D eigenvalue weighted by Gasteiger charge is -2.30. The zero-order chi connectivity index (χ0) is 26.5. The average Bonchev–Trinajstić information content (AvgIpc) is 3.54. The SMILES string of the molecule is CCCc1cc2c(N3CCn4c(nnc4C(F)(F)F)C3)nc(N3CCC(NC(=O)C(F)(F)F)C3)nc2s1. The molecule has 0 bridgehead atoms. The van der Waals surface area contributed by atoms with Gasteiger partial charge in [0.2, 0.25) is 11.8 Å². The summed E-state index contributed by atoms with van der Waals surface area (Å²) in [5.41, 5.74) is 0. The molecule has 1 unspecified atom stereocenters. The standard InChI is InChI=1S/C21H22F6N8OS/c1-2-3-12-8-13-15(33-6-7-35-14(10-33)31-32-17(35)20(22,23)24)29-19(30-16(13)37-12)34-5-4-11(9-34)28-18(36)21(25,26)27/h8,11H,2-7,9-10H2,1H3,(H,28,36). The van der Waals surface area contributed by atoms with Gasteiger partial charge in [0.1, 0.15) is 10.6 Å². The number of aromatic nitrogens is 5. The number of nitrogens with zero attached hydrogens (tertiary/aromatic N) is 7. The first-order valence-electron chi connectivity index (χ1n) is 11.6. The Morgan fingerprint density at radius 3 is 2.59 bits per heavy atom. The number of carbonyl (C=O) groups excluding carboxylic acids is 1. The van der Waals surface area contributed by atoms with Crippen molar-refractivity contribution in [2.45, 2.75) is 57.7 Å². The molecule has 0 spiro atoms. The Hall–Kier alpha value is -3.17. The molecule has 1 fully saturated rings.